The van der Waals surface area contributed by atoms with Crippen LogP contribution in [0, 0.1) is 0 Å². The van der Waals surface area contributed by atoms with E-state index in [0.29, 0.717) is 12.3 Å². The summed E-state index contributed by atoms with van der Waals surface area (Å²) < 4.78 is 5.25. The average molecular weight is 231 g/mol. The Morgan fingerprint density at radius 2 is 2.35 bits per heavy atom. The van der Waals surface area contributed by atoms with E-state index >= 15 is 0 Å². The summed E-state index contributed by atoms with van der Waals surface area (Å²) in [6.07, 6.45) is 1.65. The van der Waals surface area contributed by atoms with E-state index in [1.54, 1.807) is 7.11 Å². The Hall–Kier alpha value is -1.51. The second-order valence-electron chi connectivity index (χ2n) is 5.12. The number of anilines is 1. The molecule has 1 aliphatic carbocycles. The van der Waals surface area contributed by atoms with Crippen LogP contribution in [0.1, 0.15) is 38.2 Å². The van der Waals surface area contributed by atoms with Crippen LogP contribution in [0.3, 0.4) is 0 Å². The highest BCUT2D eigenvalue weighted by Gasteiger charge is 2.62. The summed E-state index contributed by atoms with van der Waals surface area (Å²) in [6.45, 7) is 4.10. The molecule has 1 amide bonds. The van der Waals surface area contributed by atoms with E-state index in [0.717, 1.165) is 17.9 Å². The molecule has 17 heavy (non-hydrogen) atoms. The van der Waals surface area contributed by atoms with Crippen LogP contribution in [0.2, 0.25) is 0 Å². The van der Waals surface area contributed by atoms with Crippen molar-refractivity contribution in [1.82, 2.24) is 0 Å². The second kappa shape index (κ2) is 3.25. The van der Waals surface area contributed by atoms with E-state index in [-0.39, 0.29) is 11.4 Å². The van der Waals surface area contributed by atoms with Gasteiger partial charge in [0.05, 0.1) is 18.3 Å². The second-order valence-corrected chi connectivity index (χ2v) is 5.12. The summed E-state index contributed by atoms with van der Waals surface area (Å²) in [5.41, 5.74) is 2.38. The first kappa shape index (κ1) is 10.6. The molecule has 2 atom stereocenters. The van der Waals surface area contributed by atoms with Crippen molar-refractivity contribution in [3.8, 4) is 5.75 Å². The number of benzene rings is 1. The minimum absolute atomic E-state index is 0.0296. The number of methoxy groups -OCH3 is 1. The van der Waals surface area contributed by atoms with Crippen molar-refractivity contribution in [3.63, 3.8) is 0 Å². The van der Waals surface area contributed by atoms with E-state index in [9.17, 15) is 4.79 Å². The maximum absolute atomic E-state index is 12.1. The van der Waals surface area contributed by atoms with E-state index in [1.807, 2.05) is 24.0 Å². The molecule has 0 bridgehead atoms. The minimum atomic E-state index is 0.0296. The quantitative estimate of drug-likeness (QED) is 0.783. The average Bonchev–Trinajstić information content (AvgIpc) is 2.95. The molecular weight excluding hydrogens is 214 g/mol. The SMILES string of the molecule is CCC(=O)N1c2cc(OC)ccc2C2CC21C. The van der Waals surface area contributed by atoms with Crippen LogP contribution in [0.4, 0.5) is 5.69 Å². The molecule has 1 aromatic rings. The first-order valence-corrected chi connectivity index (χ1v) is 6.13. The monoisotopic (exact) mass is 231 g/mol. The van der Waals surface area contributed by atoms with Crippen molar-refractivity contribution in [3.05, 3.63) is 23.8 Å². The summed E-state index contributed by atoms with van der Waals surface area (Å²) in [5, 5.41) is 0. The van der Waals surface area contributed by atoms with Crippen molar-refractivity contribution in [2.45, 2.75) is 38.1 Å². The molecule has 2 aliphatic rings. The molecule has 3 heteroatoms. The summed E-state index contributed by atoms with van der Waals surface area (Å²) >= 11 is 0. The van der Waals surface area contributed by atoms with Crippen LogP contribution in [0.15, 0.2) is 18.2 Å². The lowest BCUT2D eigenvalue weighted by Crippen LogP contribution is -2.38. The van der Waals surface area contributed by atoms with Crippen molar-refractivity contribution in [2.75, 3.05) is 12.0 Å². The van der Waals surface area contributed by atoms with E-state index in [2.05, 4.69) is 13.0 Å². The van der Waals surface area contributed by atoms with Crippen LogP contribution in [-0.2, 0) is 4.79 Å². The Labute approximate surface area is 101 Å². The lowest BCUT2D eigenvalue weighted by atomic mass is 10.1. The zero-order chi connectivity index (χ0) is 12.2. The lowest BCUT2D eigenvalue weighted by Gasteiger charge is -2.26. The number of ether oxygens (including phenoxy) is 1. The first-order chi connectivity index (χ1) is 8.11. The van der Waals surface area contributed by atoms with Gasteiger partial charge in [0.15, 0.2) is 0 Å². The van der Waals surface area contributed by atoms with Gasteiger partial charge >= 0.3 is 0 Å². The minimum Gasteiger partial charge on any atom is -0.497 e. The molecule has 3 nitrogen and oxygen atoms in total. The van der Waals surface area contributed by atoms with Crippen LogP contribution >= 0.6 is 0 Å². The normalized spacial score (nSPS) is 28.6. The van der Waals surface area contributed by atoms with E-state index < -0.39 is 0 Å². The Morgan fingerprint density at radius 1 is 1.59 bits per heavy atom. The van der Waals surface area contributed by atoms with E-state index in [1.165, 1.54) is 5.56 Å². The number of hydrogen-bond donors (Lipinski definition) is 0. The highest BCUT2D eigenvalue weighted by molar-refractivity contribution is 5.99. The molecular formula is C14H17NO2. The number of carbonyl (C=O) groups excluding carboxylic acids is 1. The van der Waals surface area contributed by atoms with Crippen LogP contribution in [0.5, 0.6) is 5.75 Å². The van der Waals surface area contributed by atoms with Crippen molar-refractivity contribution in [2.24, 2.45) is 0 Å². The molecule has 3 rings (SSSR count). The predicted molar refractivity (Wildman–Crippen MR) is 66.5 cm³/mol. The van der Waals surface area contributed by atoms with Gasteiger partial charge in [-0.25, -0.2) is 0 Å². The standard InChI is InChI=1S/C14H17NO2/c1-4-13(16)15-12-7-9(17-3)5-6-10(12)11-8-14(11,15)2/h5-7,11H,4,8H2,1-3H3. The molecule has 90 valence electrons. The number of rotatable bonds is 2. The van der Waals surface area contributed by atoms with Crippen molar-refractivity contribution < 1.29 is 9.53 Å². The zero-order valence-electron chi connectivity index (χ0n) is 10.5. The van der Waals surface area contributed by atoms with Gasteiger partial charge in [-0.3, -0.25) is 4.79 Å². The maximum Gasteiger partial charge on any atom is 0.227 e. The maximum atomic E-state index is 12.1. The number of amides is 1. The fourth-order valence-corrected chi connectivity index (χ4v) is 3.04. The smallest absolute Gasteiger partial charge is 0.227 e. The number of fused-ring (bicyclic) bond motifs is 3. The molecule has 2 unspecified atom stereocenters. The van der Waals surface area contributed by atoms with Gasteiger partial charge in [-0.15, -0.1) is 0 Å². The van der Waals surface area contributed by atoms with Gasteiger partial charge in [0, 0.05) is 18.4 Å². The largest absolute Gasteiger partial charge is 0.497 e. The highest BCUT2D eigenvalue weighted by Crippen LogP contribution is 2.64. The van der Waals surface area contributed by atoms with Gasteiger partial charge in [-0.2, -0.15) is 0 Å². The van der Waals surface area contributed by atoms with Gasteiger partial charge in [0.1, 0.15) is 5.75 Å². The molecule has 1 aromatic carbocycles. The summed E-state index contributed by atoms with van der Waals surface area (Å²) in [7, 11) is 1.66. The third kappa shape index (κ3) is 1.25. The lowest BCUT2D eigenvalue weighted by molar-refractivity contribution is -0.118. The van der Waals surface area contributed by atoms with Crippen LogP contribution in [-0.4, -0.2) is 18.6 Å². The van der Waals surface area contributed by atoms with Gasteiger partial charge < -0.3 is 9.64 Å². The summed E-state index contributed by atoms with van der Waals surface area (Å²) in [5.74, 6) is 1.56. The zero-order valence-corrected chi connectivity index (χ0v) is 10.5. The fraction of sp³-hybridized carbons (Fsp3) is 0.500. The molecule has 1 fully saturated rings. The Kier molecular flexibility index (Phi) is 2.03. The molecule has 0 radical (unpaired) electrons. The molecule has 0 spiro atoms. The summed E-state index contributed by atoms with van der Waals surface area (Å²) in [6, 6.07) is 6.07. The van der Waals surface area contributed by atoms with Crippen LogP contribution < -0.4 is 9.64 Å². The van der Waals surface area contributed by atoms with Gasteiger partial charge in [-0.05, 0) is 25.0 Å². The van der Waals surface area contributed by atoms with E-state index in [4.69, 9.17) is 4.74 Å². The van der Waals surface area contributed by atoms with Crippen molar-refractivity contribution >= 4 is 11.6 Å². The Morgan fingerprint density at radius 3 is 3.00 bits per heavy atom. The Balaban J connectivity index is 2.10. The molecule has 0 N–H and O–H groups in total. The molecule has 1 heterocycles. The number of hydrogen-bond acceptors (Lipinski definition) is 2. The number of carbonyl (C=O) groups is 1. The molecule has 0 aromatic heterocycles. The first-order valence-electron chi connectivity index (χ1n) is 6.13. The Bertz CT molecular complexity index is 497. The van der Waals surface area contributed by atoms with Gasteiger partial charge in [0.2, 0.25) is 5.91 Å². The fourth-order valence-electron chi connectivity index (χ4n) is 3.04. The third-order valence-electron chi connectivity index (χ3n) is 4.12. The van der Waals surface area contributed by atoms with Gasteiger partial charge in [0.25, 0.3) is 0 Å². The third-order valence-corrected chi connectivity index (χ3v) is 4.12. The predicted octanol–water partition coefficient (Wildman–Crippen LogP) is 2.70. The van der Waals surface area contributed by atoms with Crippen molar-refractivity contribution in [1.29, 1.82) is 0 Å². The molecule has 1 saturated carbocycles. The van der Waals surface area contributed by atoms with Gasteiger partial charge in [-0.1, -0.05) is 13.0 Å². The summed E-state index contributed by atoms with van der Waals surface area (Å²) in [4.78, 5) is 14.1. The number of nitrogens with zero attached hydrogens (tertiary/aromatic N) is 1. The molecule has 0 saturated heterocycles. The van der Waals surface area contributed by atoms with Crippen LogP contribution in [0.25, 0.3) is 0 Å². The highest BCUT2D eigenvalue weighted by atomic mass is 16.5. The topological polar surface area (TPSA) is 29.5 Å². The molecule has 1 aliphatic heterocycles.